The van der Waals surface area contributed by atoms with E-state index in [-0.39, 0.29) is 12.1 Å². The first-order valence-corrected chi connectivity index (χ1v) is 11.1. The predicted molar refractivity (Wildman–Crippen MR) is 132 cm³/mol. The van der Waals surface area contributed by atoms with Gasteiger partial charge in [0.05, 0.1) is 17.8 Å². The fraction of sp³-hybridized carbons (Fsp3) is 0.192. The van der Waals surface area contributed by atoms with Crippen LogP contribution in [0.3, 0.4) is 0 Å². The van der Waals surface area contributed by atoms with E-state index in [2.05, 4.69) is 81.9 Å². The van der Waals surface area contributed by atoms with Gasteiger partial charge in [0.1, 0.15) is 5.82 Å². The van der Waals surface area contributed by atoms with Crippen molar-refractivity contribution in [3.05, 3.63) is 107 Å². The molecule has 0 aliphatic carbocycles. The molecular weight excluding hydrogens is 414 g/mol. The van der Waals surface area contributed by atoms with Gasteiger partial charge >= 0.3 is 0 Å². The maximum atomic E-state index is 5.84. The Bertz CT molecular complexity index is 1250. The summed E-state index contributed by atoms with van der Waals surface area (Å²) in [5.41, 5.74) is 6.67. The van der Waals surface area contributed by atoms with Gasteiger partial charge < -0.3 is 14.8 Å². The quantitative estimate of drug-likeness (QED) is 0.433. The lowest BCUT2D eigenvalue weighted by Crippen LogP contribution is -2.29. The molecule has 2 atom stereocenters. The summed E-state index contributed by atoms with van der Waals surface area (Å²) in [4.78, 5) is 11.5. The number of hydrogen-bond acceptors (Lipinski definition) is 3. The summed E-state index contributed by atoms with van der Waals surface area (Å²) in [6, 6.07) is 22.7. The highest BCUT2D eigenvalue weighted by Gasteiger charge is 2.42. The van der Waals surface area contributed by atoms with Crippen molar-refractivity contribution < 1.29 is 0 Å². The van der Waals surface area contributed by atoms with Gasteiger partial charge in [-0.2, -0.15) is 0 Å². The fourth-order valence-corrected chi connectivity index (χ4v) is 4.92. The molecule has 0 unspecified atom stereocenters. The number of aryl methyl sites for hydroxylation is 2. The zero-order chi connectivity index (χ0) is 22.2. The average molecular weight is 440 g/mol. The first-order valence-electron chi connectivity index (χ1n) is 10.7. The first-order chi connectivity index (χ1) is 15.5. The molecule has 3 aromatic heterocycles. The molecule has 1 N–H and O–H groups in total. The predicted octanol–water partition coefficient (Wildman–Crippen LogP) is 5.37. The van der Waals surface area contributed by atoms with Crippen LogP contribution in [0.25, 0.3) is 5.82 Å². The van der Waals surface area contributed by atoms with Crippen molar-refractivity contribution >= 4 is 23.0 Å². The first kappa shape index (κ1) is 20.4. The Kier molecular flexibility index (Phi) is 5.23. The molecule has 1 aromatic carbocycles. The highest BCUT2D eigenvalue weighted by Crippen LogP contribution is 2.43. The van der Waals surface area contributed by atoms with E-state index in [9.17, 15) is 0 Å². The highest BCUT2D eigenvalue weighted by atomic mass is 32.1. The highest BCUT2D eigenvalue weighted by molar-refractivity contribution is 7.80. The second-order valence-corrected chi connectivity index (χ2v) is 8.57. The molecule has 0 spiro atoms. The van der Waals surface area contributed by atoms with Crippen molar-refractivity contribution in [1.29, 1.82) is 0 Å². The number of benzene rings is 1. The van der Waals surface area contributed by atoms with Crippen LogP contribution in [-0.4, -0.2) is 19.6 Å². The normalized spacial score (nSPS) is 18.1. The molecule has 1 fully saturated rings. The van der Waals surface area contributed by atoms with Gasteiger partial charge in [0, 0.05) is 29.5 Å². The zero-order valence-corrected chi connectivity index (χ0v) is 19.2. The van der Waals surface area contributed by atoms with E-state index < -0.39 is 0 Å². The third-order valence-electron chi connectivity index (χ3n) is 6.05. The van der Waals surface area contributed by atoms with Crippen LogP contribution in [-0.2, 0) is 0 Å². The van der Waals surface area contributed by atoms with Crippen LogP contribution in [0.5, 0.6) is 0 Å². The Morgan fingerprint density at radius 3 is 2.38 bits per heavy atom. The SMILES string of the molecule is Cc1ccc(-n2c(C)cc([C@H]3[C@@H](c4ccccn4)NC(=S)N3c3ccccc3)c2C)nc1. The molecule has 4 aromatic rings. The largest absolute Gasteiger partial charge is 0.351 e. The third kappa shape index (κ3) is 3.46. The summed E-state index contributed by atoms with van der Waals surface area (Å²) in [6.07, 6.45) is 3.74. The Morgan fingerprint density at radius 2 is 1.69 bits per heavy atom. The summed E-state index contributed by atoms with van der Waals surface area (Å²) < 4.78 is 2.22. The molecular formula is C26H25N5S. The average Bonchev–Trinajstić information content (AvgIpc) is 3.31. The minimum atomic E-state index is -0.0659. The number of nitrogens with one attached hydrogen (secondary N) is 1. The number of aromatic nitrogens is 3. The minimum Gasteiger partial charge on any atom is -0.351 e. The summed E-state index contributed by atoms with van der Waals surface area (Å²) >= 11 is 5.84. The van der Waals surface area contributed by atoms with Gasteiger partial charge in [-0.15, -0.1) is 0 Å². The van der Waals surface area contributed by atoms with Gasteiger partial charge in [0.15, 0.2) is 5.11 Å². The van der Waals surface area contributed by atoms with Gasteiger partial charge in [0.2, 0.25) is 0 Å². The van der Waals surface area contributed by atoms with Gasteiger partial charge in [-0.25, -0.2) is 4.98 Å². The Labute approximate surface area is 193 Å². The third-order valence-corrected chi connectivity index (χ3v) is 6.36. The maximum absolute atomic E-state index is 5.84. The molecule has 1 aliphatic heterocycles. The summed E-state index contributed by atoms with van der Waals surface area (Å²) in [5.74, 6) is 0.922. The van der Waals surface area contributed by atoms with Gasteiger partial charge in [-0.3, -0.25) is 4.98 Å². The van der Waals surface area contributed by atoms with Crippen molar-refractivity contribution in [2.45, 2.75) is 32.9 Å². The molecule has 0 radical (unpaired) electrons. The number of para-hydroxylation sites is 1. The van der Waals surface area contributed by atoms with Gasteiger partial charge in [-0.05, 0) is 80.5 Å². The maximum Gasteiger partial charge on any atom is 0.174 e. The lowest BCUT2D eigenvalue weighted by molar-refractivity contribution is 0.565. The lowest BCUT2D eigenvalue weighted by Gasteiger charge is -2.28. The molecule has 6 heteroatoms. The van der Waals surface area contributed by atoms with Gasteiger partial charge in [-0.1, -0.05) is 30.3 Å². The standard InChI is InChI=1S/C26H25N5S/c1-17-12-13-23(28-16-17)30-18(2)15-21(19(30)3)25-24(22-11-7-8-14-27-22)29-26(32)31(25)20-9-5-4-6-10-20/h4-16,24-25H,1-3H3,(H,29,32)/t24-,25+/m1/s1. The van der Waals surface area contributed by atoms with E-state index in [1.54, 1.807) is 0 Å². The Morgan fingerprint density at radius 1 is 0.906 bits per heavy atom. The van der Waals surface area contributed by atoms with Crippen LogP contribution in [0.2, 0.25) is 0 Å². The van der Waals surface area contributed by atoms with Gasteiger partial charge in [0.25, 0.3) is 0 Å². The molecule has 160 valence electrons. The molecule has 0 amide bonds. The summed E-state index contributed by atoms with van der Waals surface area (Å²) in [7, 11) is 0. The lowest BCUT2D eigenvalue weighted by atomic mass is 9.96. The second-order valence-electron chi connectivity index (χ2n) is 8.19. The number of anilines is 1. The number of hydrogen-bond donors (Lipinski definition) is 1. The van der Waals surface area contributed by atoms with Crippen molar-refractivity contribution in [2.75, 3.05) is 4.90 Å². The molecule has 5 rings (SSSR count). The van der Waals surface area contributed by atoms with Crippen LogP contribution >= 0.6 is 12.2 Å². The summed E-state index contributed by atoms with van der Waals surface area (Å²) in [5, 5.41) is 4.24. The van der Waals surface area contributed by atoms with Crippen LogP contribution in [0.4, 0.5) is 5.69 Å². The van der Waals surface area contributed by atoms with E-state index in [4.69, 9.17) is 12.2 Å². The topological polar surface area (TPSA) is 46.0 Å². The van der Waals surface area contributed by atoms with E-state index >= 15 is 0 Å². The van der Waals surface area contributed by atoms with E-state index in [1.165, 1.54) is 5.56 Å². The van der Waals surface area contributed by atoms with Crippen LogP contribution in [0, 0.1) is 20.8 Å². The van der Waals surface area contributed by atoms with Crippen molar-refractivity contribution in [2.24, 2.45) is 0 Å². The number of rotatable bonds is 4. The van der Waals surface area contributed by atoms with E-state index in [0.717, 1.165) is 34.2 Å². The van der Waals surface area contributed by atoms with Crippen LogP contribution in [0.15, 0.2) is 79.1 Å². The van der Waals surface area contributed by atoms with Crippen molar-refractivity contribution in [3.8, 4) is 5.82 Å². The number of pyridine rings is 2. The number of thiocarbonyl (C=S) groups is 1. The second kappa shape index (κ2) is 8.20. The molecule has 32 heavy (non-hydrogen) atoms. The van der Waals surface area contributed by atoms with Crippen molar-refractivity contribution in [1.82, 2.24) is 19.9 Å². The van der Waals surface area contributed by atoms with Crippen molar-refractivity contribution in [3.63, 3.8) is 0 Å². The molecule has 1 aliphatic rings. The van der Waals surface area contributed by atoms with Crippen LogP contribution in [0.1, 0.15) is 40.3 Å². The number of nitrogens with zero attached hydrogens (tertiary/aromatic N) is 4. The fourth-order valence-electron chi connectivity index (χ4n) is 4.57. The molecule has 0 bridgehead atoms. The molecule has 1 saturated heterocycles. The summed E-state index contributed by atoms with van der Waals surface area (Å²) in [6.45, 7) is 6.34. The van der Waals surface area contributed by atoms with Crippen LogP contribution < -0.4 is 10.2 Å². The molecule has 5 nitrogen and oxygen atoms in total. The Hall–Kier alpha value is -3.51. The smallest absolute Gasteiger partial charge is 0.174 e. The molecule has 0 saturated carbocycles. The molecule has 4 heterocycles. The van der Waals surface area contributed by atoms with E-state index in [1.807, 2.05) is 42.7 Å². The minimum absolute atomic E-state index is 0.0369. The van der Waals surface area contributed by atoms with E-state index in [0.29, 0.717) is 5.11 Å². The zero-order valence-electron chi connectivity index (χ0n) is 18.4. The monoisotopic (exact) mass is 439 g/mol. The Balaban J connectivity index is 1.67.